The number of benzene rings is 4. The van der Waals surface area contributed by atoms with Crippen LogP contribution in [0.4, 0.5) is 18.9 Å². The molecule has 4 heterocycles. The highest BCUT2D eigenvalue weighted by Gasteiger charge is 2.45. The van der Waals surface area contributed by atoms with Gasteiger partial charge in [-0.1, -0.05) is 76.2 Å². The van der Waals surface area contributed by atoms with E-state index in [0.717, 1.165) is 75.1 Å². The molecule has 0 saturated carbocycles. The largest absolute Gasteiger partial charge is 0.422 e. The second kappa shape index (κ2) is 9.42. The van der Waals surface area contributed by atoms with E-state index in [1.54, 1.807) is 6.07 Å². The van der Waals surface area contributed by atoms with Crippen LogP contribution in [0.2, 0.25) is 0 Å². The first-order valence-corrected chi connectivity index (χ1v) is 16.1. The van der Waals surface area contributed by atoms with Gasteiger partial charge >= 0.3 is 11.8 Å². The third kappa shape index (κ3) is 4.25. The van der Waals surface area contributed by atoms with Crippen LogP contribution in [0.25, 0.3) is 53.7 Å². The molecule has 0 aliphatic carbocycles. The molecule has 0 bridgehead atoms. The minimum atomic E-state index is -4.81. The highest BCUT2D eigenvalue weighted by molar-refractivity contribution is 7.22. The predicted molar refractivity (Wildman–Crippen MR) is 177 cm³/mol. The van der Waals surface area contributed by atoms with Gasteiger partial charge in [-0.25, -0.2) is 9.78 Å². The smallest absolute Gasteiger partial charge is 0.418 e. The van der Waals surface area contributed by atoms with Crippen molar-refractivity contribution in [3.8, 4) is 21.7 Å². The van der Waals surface area contributed by atoms with Crippen LogP contribution in [0.5, 0.6) is 0 Å². The molecule has 2 aromatic heterocycles. The van der Waals surface area contributed by atoms with Gasteiger partial charge in [-0.15, -0.1) is 11.3 Å². The van der Waals surface area contributed by atoms with Crippen LogP contribution in [0.15, 0.2) is 75.9 Å². The van der Waals surface area contributed by atoms with Crippen LogP contribution in [0, 0.1) is 0 Å². The van der Waals surface area contributed by atoms with E-state index < -0.39 is 28.3 Å². The Kier molecular flexibility index (Phi) is 5.93. The van der Waals surface area contributed by atoms with Crippen LogP contribution >= 0.6 is 11.3 Å². The SMILES string of the molecule is CC1(C)CCN2CCC(C)(C)c3c2c1cc1c(C(F)(F)F)c(-c2nc4ccc5cc(-c6ccccc6)ccc5c4s2)c(=O)oc31. The normalized spacial score (nSPS) is 17.3. The van der Waals surface area contributed by atoms with Crippen molar-refractivity contribution in [3.63, 3.8) is 0 Å². The molecular weight excluding hydrogens is 593 g/mol. The van der Waals surface area contributed by atoms with Crippen molar-refractivity contribution in [2.45, 2.75) is 57.5 Å². The number of aromatic nitrogens is 1. The molecule has 0 unspecified atom stereocenters. The lowest BCUT2D eigenvalue weighted by Gasteiger charge is -2.48. The number of rotatable bonds is 2. The number of hydrogen-bond acceptors (Lipinski definition) is 5. The molecule has 0 spiro atoms. The molecule has 2 aliphatic heterocycles. The Morgan fingerprint density at radius 1 is 0.867 bits per heavy atom. The summed E-state index contributed by atoms with van der Waals surface area (Å²) in [6, 6.07) is 21.4. The minimum Gasteiger partial charge on any atom is -0.422 e. The molecule has 4 nitrogen and oxygen atoms in total. The van der Waals surface area contributed by atoms with Gasteiger partial charge in [0, 0.05) is 35.1 Å². The standard InChI is InChI=1S/C37H31F3N2O2S/c1-35(2)14-16-42-17-15-36(3,4)29-30(42)25(35)19-24-28(37(38,39)40)27(34(43)44-31(24)29)33-41-26-13-11-22-18-21(20-8-6-5-7-9-20)10-12-23(22)32(26)45-33/h5-13,18-19H,14-17H2,1-4H3. The maximum Gasteiger partial charge on any atom is 0.418 e. The second-order valence-electron chi connectivity index (χ2n) is 13.7. The molecule has 8 rings (SSSR count). The lowest BCUT2D eigenvalue weighted by atomic mass is 9.69. The molecule has 0 atom stereocenters. The fourth-order valence-corrected chi connectivity index (χ4v) is 8.48. The van der Waals surface area contributed by atoms with Crippen molar-refractivity contribution in [1.29, 1.82) is 0 Å². The van der Waals surface area contributed by atoms with Gasteiger partial charge in [0.15, 0.2) is 0 Å². The van der Waals surface area contributed by atoms with Crippen LogP contribution in [-0.4, -0.2) is 18.1 Å². The average Bonchev–Trinajstić information content (AvgIpc) is 3.43. The minimum absolute atomic E-state index is 0.0131. The lowest BCUT2D eigenvalue weighted by Crippen LogP contribution is -2.45. The van der Waals surface area contributed by atoms with Crippen LogP contribution < -0.4 is 10.5 Å². The molecule has 0 saturated heterocycles. The Morgan fingerprint density at radius 2 is 1.60 bits per heavy atom. The van der Waals surface area contributed by atoms with Gasteiger partial charge in [-0.2, -0.15) is 13.2 Å². The Labute approximate surface area is 262 Å². The number of anilines is 1. The average molecular weight is 625 g/mol. The van der Waals surface area contributed by atoms with Crippen LogP contribution in [-0.2, 0) is 17.0 Å². The quantitative estimate of drug-likeness (QED) is 0.180. The first kappa shape index (κ1) is 28.3. The molecular formula is C37H31F3N2O2S. The van der Waals surface area contributed by atoms with Crippen molar-refractivity contribution in [2.75, 3.05) is 18.0 Å². The third-order valence-corrected chi connectivity index (χ3v) is 11.0. The van der Waals surface area contributed by atoms with Crippen LogP contribution in [0.1, 0.15) is 57.2 Å². The summed E-state index contributed by atoms with van der Waals surface area (Å²) in [5.74, 6) is 0. The lowest BCUT2D eigenvalue weighted by molar-refractivity contribution is -0.136. The number of hydrogen-bond donors (Lipinski definition) is 0. The molecule has 0 amide bonds. The Balaban J connectivity index is 1.41. The third-order valence-electron chi connectivity index (χ3n) is 9.88. The highest BCUT2D eigenvalue weighted by Crippen LogP contribution is 2.54. The topological polar surface area (TPSA) is 46.3 Å². The summed E-state index contributed by atoms with van der Waals surface area (Å²) in [4.78, 5) is 20.7. The molecule has 228 valence electrons. The van der Waals surface area contributed by atoms with Crippen molar-refractivity contribution >= 4 is 49.0 Å². The van der Waals surface area contributed by atoms with E-state index in [2.05, 4.69) is 29.8 Å². The molecule has 6 aromatic rings. The van der Waals surface area contributed by atoms with Crippen molar-refractivity contribution in [1.82, 2.24) is 4.98 Å². The summed E-state index contributed by atoms with van der Waals surface area (Å²) in [5, 5.41) is 1.77. The van der Waals surface area contributed by atoms with E-state index in [0.29, 0.717) is 11.1 Å². The zero-order valence-electron chi connectivity index (χ0n) is 25.4. The molecule has 4 aromatic carbocycles. The van der Waals surface area contributed by atoms with E-state index in [9.17, 15) is 4.79 Å². The van der Waals surface area contributed by atoms with E-state index in [-0.39, 0.29) is 21.4 Å². The molecule has 0 N–H and O–H groups in total. The van der Waals surface area contributed by atoms with E-state index >= 15 is 13.2 Å². The molecule has 0 radical (unpaired) electrons. The Hall–Kier alpha value is -4.17. The number of thiazole rings is 1. The summed E-state index contributed by atoms with van der Waals surface area (Å²) in [6.45, 7) is 9.87. The van der Waals surface area contributed by atoms with Crippen molar-refractivity contribution < 1.29 is 17.6 Å². The van der Waals surface area contributed by atoms with Gasteiger partial charge in [-0.3, -0.25) is 0 Å². The van der Waals surface area contributed by atoms with Gasteiger partial charge in [0.1, 0.15) is 16.2 Å². The highest BCUT2D eigenvalue weighted by atomic mass is 32.1. The molecule has 0 fully saturated rings. The Morgan fingerprint density at radius 3 is 2.33 bits per heavy atom. The summed E-state index contributed by atoms with van der Waals surface area (Å²) in [6.07, 6.45) is -3.23. The summed E-state index contributed by atoms with van der Waals surface area (Å²) in [5.41, 5.74) is 1.91. The number of halogens is 3. The van der Waals surface area contributed by atoms with Gasteiger partial charge in [0.05, 0.1) is 15.8 Å². The summed E-state index contributed by atoms with van der Waals surface area (Å²) < 4.78 is 52.6. The zero-order chi connectivity index (χ0) is 31.5. The van der Waals surface area contributed by atoms with Gasteiger partial charge < -0.3 is 9.32 Å². The predicted octanol–water partition coefficient (Wildman–Crippen LogP) is 10.1. The summed E-state index contributed by atoms with van der Waals surface area (Å²) >= 11 is 1.11. The summed E-state index contributed by atoms with van der Waals surface area (Å²) in [7, 11) is 0. The first-order valence-electron chi connectivity index (χ1n) is 15.2. The zero-order valence-corrected chi connectivity index (χ0v) is 26.2. The number of alkyl halides is 3. The fourth-order valence-electron chi connectivity index (χ4n) is 7.34. The Bertz CT molecular complexity index is 2240. The van der Waals surface area contributed by atoms with Gasteiger partial charge in [0.25, 0.3) is 0 Å². The second-order valence-corrected chi connectivity index (χ2v) is 14.7. The van der Waals surface area contributed by atoms with E-state index in [1.165, 1.54) is 0 Å². The maximum absolute atomic E-state index is 15.3. The van der Waals surface area contributed by atoms with Crippen LogP contribution in [0.3, 0.4) is 0 Å². The molecule has 2 aliphatic rings. The first-order chi connectivity index (χ1) is 21.3. The fraction of sp³-hybridized carbons (Fsp3) is 0.297. The van der Waals surface area contributed by atoms with E-state index in [4.69, 9.17) is 4.42 Å². The molecule has 8 heteroatoms. The molecule has 45 heavy (non-hydrogen) atoms. The monoisotopic (exact) mass is 624 g/mol. The number of fused-ring (bicyclic) bond motifs is 5. The number of nitrogens with zero attached hydrogens (tertiary/aromatic N) is 2. The van der Waals surface area contributed by atoms with Crippen molar-refractivity contribution in [3.05, 3.63) is 93.8 Å². The van der Waals surface area contributed by atoms with Crippen molar-refractivity contribution in [2.24, 2.45) is 0 Å². The van der Waals surface area contributed by atoms with Gasteiger partial charge in [0.2, 0.25) is 0 Å². The van der Waals surface area contributed by atoms with E-state index in [1.807, 2.05) is 68.4 Å². The van der Waals surface area contributed by atoms with Gasteiger partial charge in [-0.05, 0) is 63.9 Å². The maximum atomic E-state index is 15.3.